The van der Waals surface area contributed by atoms with Crippen molar-refractivity contribution in [2.24, 2.45) is 0 Å². The van der Waals surface area contributed by atoms with Gasteiger partial charge in [-0.15, -0.1) is 0 Å². The molecule has 6 nitrogen and oxygen atoms in total. The molecule has 0 bridgehead atoms. The van der Waals surface area contributed by atoms with Gasteiger partial charge in [-0.25, -0.2) is 19.6 Å². The van der Waals surface area contributed by atoms with Gasteiger partial charge in [0.1, 0.15) is 17.7 Å². The van der Waals surface area contributed by atoms with Crippen LogP contribution < -0.4 is 16.2 Å². The minimum Gasteiger partial charge on any atom is -0.349 e. The first-order chi connectivity index (χ1) is 14.5. The smallest absolute Gasteiger partial charge is 0.254 e. The molecule has 8 heteroatoms. The zero-order valence-corrected chi connectivity index (χ0v) is 16.4. The summed E-state index contributed by atoms with van der Waals surface area (Å²) in [6.07, 6.45) is 1.81. The molecule has 0 aliphatic carbocycles. The molecule has 0 spiro atoms. The number of halogens is 2. The van der Waals surface area contributed by atoms with E-state index >= 15 is 0 Å². The van der Waals surface area contributed by atoms with Crippen LogP contribution in [0.5, 0.6) is 0 Å². The predicted molar refractivity (Wildman–Crippen MR) is 107 cm³/mol. The molecule has 0 aromatic heterocycles. The van der Waals surface area contributed by atoms with Gasteiger partial charge in [-0.1, -0.05) is 24.3 Å². The van der Waals surface area contributed by atoms with E-state index in [0.29, 0.717) is 32.4 Å². The molecule has 2 aliphatic heterocycles. The van der Waals surface area contributed by atoms with Gasteiger partial charge in [0.05, 0.1) is 5.56 Å². The van der Waals surface area contributed by atoms with Gasteiger partial charge in [0, 0.05) is 25.2 Å². The lowest BCUT2D eigenvalue weighted by Crippen LogP contribution is -2.51. The van der Waals surface area contributed by atoms with Gasteiger partial charge in [0.15, 0.2) is 0 Å². The van der Waals surface area contributed by atoms with Crippen LogP contribution in [0.4, 0.5) is 8.78 Å². The number of carbonyl (C=O) groups is 2. The molecule has 2 saturated heterocycles. The average Bonchev–Trinajstić information content (AvgIpc) is 3.25. The number of likely N-dealkylation sites (tertiary alicyclic amines) is 1. The summed E-state index contributed by atoms with van der Waals surface area (Å²) in [5, 5.41) is 2.86. The number of benzene rings is 2. The van der Waals surface area contributed by atoms with Crippen LogP contribution in [0.2, 0.25) is 0 Å². The minimum absolute atomic E-state index is 0.00555. The Balaban J connectivity index is 1.27. The highest BCUT2D eigenvalue weighted by Gasteiger charge is 2.34. The fourth-order valence-electron chi connectivity index (χ4n) is 4.00. The third kappa shape index (κ3) is 4.49. The van der Waals surface area contributed by atoms with E-state index in [1.54, 1.807) is 29.2 Å². The summed E-state index contributed by atoms with van der Waals surface area (Å²) >= 11 is 0. The molecule has 0 radical (unpaired) electrons. The first kappa shape index (κ1) is 20.4. The number of rotatable bonds is 4. The lowest BCUT2D eigenvalue weighted by atomic mass is 9.99. The van der Waals surface area contributed by atoms with Crippen LogP contribution in [0.15, 0.2) is 48.5 Å². The van der Waals surface area contributed by atoms with Crippen molar-refractivity contribution >= 4 is 11.8 Å². The van der Waals surface area contributed by atoms with E-state index in [-0.39, 0.29) is 35.4 Å². The molecule has 2 fully saturated rings. The summed E-state index contributed by atoms with van der Waals surface area (Å²) in [5.74, 6) is -1.26. The third-order valence-electron chi connectivity index (χ3n) is 5.73. The molecule has 0 saturated carbocycles. The molecule has 30 heavy (non-hydrogen) atoms. The molecule has 158 valence electrons. The monoisotopic (exact) mass is 414 g/mol. The normalized spacial score (nSPS) is 22.1. The first-order valence-electron chi connectivity index (χ1n) is 10.1. The molecule has 2 amide bonds. The Morgan fingerprint density at radius 1 is 0.967 bits per heavy atom. The molecule has 2 unspecified atom stereocenters. The molecule has 2 aromatic carbocycles. The largest absolute Gasteiger partial charge is 0.349 e. The van der Waals surface area contributed by atoms with Gasteiger partial charge in [-0.05, 0) is 49.1 Å². The van der Waals surface area contributed by atoms with Crippen molar-refractivity contribution in [3.05, 3.63) is 71.3 Å². The molecular weight excluding hydrogens is 390 g/mol. The molecule has 2 atom stereocenters. The number of carbonyl (C=O) groups excluding carboxylic acids is 2. The number of nitrogens with one attached hydrogen (secondary N) is 3. The van der Waals surface area contributed by atoms with Gasteiger partial charge in [0.2, 0.25) is 5.91 Å². The van der Waals surface area contributed by atoms with Crippen molar-refractivity contribution in [3.63, 3.8) is 0 Å². The van der Waals surface area contributed by atoms with Crippen LogP contribution in [-0.2, 0) is 4.79 Å². The van der Waals surface area contributed by atoms with Crippen molar-refractivity contribution in [1.29, 1.82) is 0 Å². The van der Waals surface area contributed by atoms with Crippen LogP contribution in [-0.4, -0.2) is 41.9 Å². The Bertz CT molecular complexity index is 914. The summed E-state index contributed by atoms with van der Waals surface area (Å²) in [4.78, 5) is 26.9. The lowest BCUT2D eigenvalue weighted by molar-refractivity contribution is -0.134. The zero-order chi connectivity index (χ0) is 21.1. The lowest BCUT2D eigenvalue weighted by Gasteiger charge is -2.33. The van der Waals surface area contributed by atoms with Crippen molar-refractivity contribution in [1.82, 2.24) is 21.1 Å². The summed E-state index contributed by atoms with van der Waals surface area (Å²) in [5.41, 5.74) is 7.11. The SMILES string of the molecule is O=C(NC1CCN(C(=O)C2CC(c3ccc(F)cc3)NN2)CC1)c1ccccc1F. The summed E-state index contributed by atoms with van der Waals surface area (Å²) in [6, 6.07) is 11.6. The summed E-state index contributed by atoms with van der Waals surface area (Å²) in [6.45, 7) is 1.06. The van der Waals surface area contributed by atoms with E-state index < -0.39 is 11.7 Å². The summed E-state index contributed by atoms with van der Waals surface area (Å²) in [7, 11) is 0. The number of hydrogen-bond acceptors (Lipinski definition) is 4. The van der Waals surface area contributed by atoms with E-state index in [1.165, 1.54) is 24.3 Å². The van der Waals surface area contributed by atoms with Gasteiger partial charge < -0.3 is 10.2 Å². The molecule has 4 rings (SSSR count). The van der Waals surface area contributed by atoms with Crippen LogP contribution in [0, 0.1) is 11.6 Å². The molecule has 2 aromatic rings. The Kier molecular flexibility index (Phi) is 6.06. The number of hydrazine groups is 1. The van der Waals surface area contributed by atoms with E-state index in [4.69, 9.17) is 0 Å². The standard InChI is InChI=1S/C22H24F2N4O2/c23-15-7-5-14(6-8-15)19-13-20(27-26-19)22(30)28-11-9-16(10-12-28)25-21(29)17-3-1-2-4-18(17)24/h1-8,16,19-20,26-27H,9-13H2,(H,25,29). The Morgan fingerprint density at radius 3 is 2.37 bits per heavy atom. The van der Waals surface area contributed by atoms with E-state index in [0.717, 1.165) is 5.56 Å². The molecular formula is C22H24F2N4O2. The Labute approximate surface area is 173 Å². The maximum Gasteiger partial charge on any atom is 0.254 e. The third-order valence-corrected chi connectivity index (χ3v) is 5.73. The number of hydrogen-bond donors (Lipinski definition) is 3. The minimum atomic E-state index is -0.543. The van der Waals surface area contributed by atoms with Crippen molar-refractivity contribution in [2.45, 2.75) is 37.4 Å². The van der Waals surface area contributed by atoms with Crippen molar-refractivity contribution in [2.75, 3.05) is 13.1 Å². The van der Waals surface area contributed by atoms with Crippen LogP contribution in [0.25, 0.3) is 0 Å². The maximum atomic E-state index is 13.8. The fraction of sp³-hybridized carbons (Fsp3) is 0.364. The van der Waals surface area contributed by atoms with Gasteiger partial charge in [-0.2, -0.15) is 0 Å². The van der Waals surface area contributed by atoms with Crippen LogP contribution in [0.3, 0.4) is 0 Å². The van der Waals surface area contributed by atoms with E-state index in [1.807, 2.05) is 0 Å². The molecule has 2 aliphatic rings. The van der Waals surface area contributed by atoms with Crippen molar-refractivity contribution < 1.29 is 18.4 Å². The second kappa shape index (κ2) is 8.89. The Morgan fingerprint density at radius 2 is 1.67 bits per heavy atom. The van der Waals surface area contributed by atoms with E-state index in [9.17, 15) is 18.4 Å². The number of piperidine rings is 1. The fourth-order valence-corrected chi connectivity index (χ4v) is 4.00. The second-order valence-corrected chi connectivity index (χ2v) is 7.73. The number of nitrogens with zero attached hydrogens (tertiary/aromatic N) is 1. The zero-order valence-electron chi connectivity index (χ0n) is 16.4. The number of amides is 2. The quantitative estimate of drug-likeness (QED) is 0.718. The maximum absolute atomic E-state index is 13.8. The van der Waals surface area contributed by atoms with Gasteiger partial charge >= 0.3 is 0 Å². The van der Waals surface area contributed by atoms with Crippen LogP contribution >= 0.6 is 0 Å². The van der Waals surface area contributed by atoms with Crippen molar-refractivity contribution in [3.8, 4) is 0 Å². The van der Waals surface area contributed by atoms with Gasteiger partial charge in [-0.3, -0.25) is 9.59 Å². The molecule has 3 N–H and O–H groups in total. The highest BCUT2D eigenvalue weighted by Crippen LogP contribution is 2.24. The second-order valence-electron chi connectivity index (χ2n) is 7.73. The van der Waals surface area contributed by atoms with Crippen LogP contribution in [0.1, 0.15) is 41.2 Å². The highest BCUT2D eigenvalue weighted by molar-refractivity contribution is 5.94. The summed E-state index contributed by atoms with van der Waals surface area (Å²) < 4.78 is 26.9. The van der Waals surface area contributed by atoms with Gasteiger partial charge in [0.25, 0.3) is 5.91 Å². The first-order valence-corrected chi connectivity index (χ1v) is 10.1. The predicted octanol–water partition coefficient (Wildman–Crippen LogP) is 2.29. The van der Waals surface area contributed by atoms with E-state index in [2.05, 4.69) is 16.2 Å². The topological polar surface area (TPSA) is 73.5 Å². The average molecular weight is 414 g/mol. The Hall–Kier alpha value is -2.84. The highest BCUT2D eigenvalue weighted by atomic mass is 19.1. The molecule has 2 heterocycles.